The number of likely N-dealkylation sites (tertiary alicyclic amines) is 2. The van der Waals surface area contributed by atoms with Crippen LogP contribution < -0.4 is 10.6 Å². The zero-order valence-corrected chi connectivity index (χ0v) is 23.9. The van der Waals surface area contributed by atoms with Gasteiger partial charge in [0.25, 0.3) is 0 Å². The smallest absolute Gasteiger partial charge is 0.248 e. The van der Waals surface area contributed by atoms with Gasteiger partial charge in [0.1, 0.15) is 6.23 Å². The maximum Gasteiger partial charge on any atom is 0.248 e. The summed E-state index contributed by atoms with van der Waals surface area (Å²) < 4.78 is 6.24. The van der Waals surface area contributed by atoms with Gasteiger partial charge in [-0.1, -0.05) is 5.57 Å². The van der Waals surface area contributed by atoms with E-state index in [2.05, 4.69) is 39.2 Å². The molecule has 3 amide bonds. The molecule has 5 heterocycles. The Kier molecular flexibility index (Phi) is 8.35. The predicted molar refractivity (Wildman–Crippen MR) is 149 cm³/mol. The molecule has 5 aliphatic heterocycles. The molecule has 39 heavy (non-hydrogen) atoms. The molecule has 0 aromatic carbocycles. The molecule has 0 radical (unpaired) electrons. The van der Waals surface area contributed by atoms with Gasteiger partial charge < -0.3 is 30.1 Å². The molecule has 2 saturated heterocycles. The summed E-state index contributed by atoms with van der Waals surface area (Å²) in [6.07, 6.45) is 11.5. The number of carbonyl (C=O) groups excluding carboxylic acids is 3. The Hall–Kier alpha value is -2.81. The third-order valence-corrected chi connectivity index (χ3v) is 9.18. The Morgan fingerprint density at radius 2 is 1.72 bits per heavy atom. The Morgan fingerprint density at radius 1 is 0.897 bits per heavy atom. The first kappa shape index (κ1) is 27.7. The Balaban J connectivity index is 1.24. The predicted octanol–water partition coefficient (Wildman–Crippen LogP) is 2.66. The highest BCUT2D eigenvalue weighted by Crippen LogP contribution is 2.39. The second-order valence-corrected chi connectivity index (χ2v) is 12.0. The second-order valence-electron chi connectivity index (χ2n) is 12.0. The molecular formula is C30H45N5O4. The molecule has 0 aromatic heterocycles. The van der Waals surface area contributed by atoms with Crippen LogP contribution in [0.1, 0.15) is 72.6 Å². The van der Waals surface area contributed by atoms with E-state index >= 15 is 0 Å². The number of rotatable bonds is 6. The first-order chi connectivity index (χ1) is 18.7. The minimum absolute atomic E-state index is 0.00784. The maximum atomic E-state index is 13.5. The zero-order valence-electron chi connectivity index (χ0n) is 23.9. The average Bonchev–Trinajstić information content (AvgIpc) is 2.88. The topological polar surface area (TPSA) is 94.2 Å². The molecule has 0 bridgehead atoms. The first-order valence-electron chi connectivity index (χ1n) is 14.9. The van der Waals surface area contributed by atoms with Crippen LogP contribution in [0.3, 0.4) is 0 Å². The van der Waals surface area contributed by atoms with E-state index in [1.807, 2.05) is 19.9 Å². The molecule has 9 nitrogen and oxygen atoms in total. The maximum absolute atomic E-state index is 13.5. The standard InChI is InChI=1S/C30H45N5O4/c1-5-39-30-16-23(22-6-9-31-27(36)15-22)13-21(4)35(30)25-8-11-34(29(38)18-25)24-7-10-33(20(3)14-24)26-12-19(2)32-28(37)17-26/h15,17-21,23-24,30H,5-14,16H2,1-4H3,(H,31,36)(H,32,37)/t19-,20-,21?,23?,24?,30-/m0/s1. The van der Waals surface area contributed by atoms with E-state index in [9.17, 15) is 14.4 Å². The normalized spacial score (nSPS) is 34.2. The number of ether oxygens (including phenoxy) is 1. The van der Waals surface area contributed by atoms with Gasteiger partial charge in [-0.15, -0.1) is 0 Å². The average molecular weight is 540 g/mol. The zero-order chi connectivity index (χ0) is 27.7. The molecule has 2 N–H and O–H groups in total. The minimum Gasteiger partial charge on any atom is -0.372 e. The van der Waals surface area contributed by atoms with Crippen molar-refractivity contribution in [2.24, 2.45) is 5.92 Å². The lowest BCUT2D eigenvalue weighted by Gasteiger charge is -2.49. The van der Waals surface area contributed by atoms with E-state index in [4.69, 9.17) is 4.74 Å². The number of hydrogen-bond acceptors (Lipinski definition) is 6. The fraction of sp³-hybridized carbons (Fsp3) is 0.700. The van der Waals surface area contributed by atoms with E-state index in [1.54, 1.807) is 12.2 Å². The molecular weight excluding hydrogens is 494 g/mol. The second kappa shape index (κ2) is 11.7. The van der Waals surface area contributed by atoms with Gasteiger partial charge in [-0.2, -0.15) is 0 Å². The molecule has 0 saturated carbocycles. The largest absolute Gasteiger partial charge is 0.372 e. The van der Waals surface area contributed by atoms with Crippen LogP contribution in [-0.2, 0) is 19.1 Å². The quantitative estimate of drug-likeness (QED) is 0.539. The molecule has 2 fully saturated rings. The third-order valence-electron chi connectivity index (χ3n) is 9.18. The van der Waals surface area contributed by atoms with Crippen LogP contribution in [0.25, 0.3) is 0 Å². The van der Waals surface area contributed by atoms with E-state index in [-0.39, 0.29) is 48.1 Å². The van der Waals surface area contributed by atoms with Gasteiger partial charge in [0.05, 0.1) is 0 Å². The van der Waals surface area contributed by atoms with Crippen molar-refractivity contribution in [1.29, 1.82) is 0 Å². The van der Waals surface area contributed by atoms with E-state index in [0.717, 1.165) is 69.4 Å². The van der Waals surface area contributed by atoms with Crippen molar-refractivity contribution in [2.75, 3.05) is 26.2 Å². The molecule has 9 heteroatoms. The molecule has 214 valence electrons. The summed E-state index contributed by atoms with van der Waals surface area (Å²) in [5.41, 5.74) is 3.43. The molecule has 0 spiro atoms. The molecule has 0 aromatic rings. The lowest BCUT2D eigenvalue weighted by atomic mass is 9.81. The number of carbonyl (C=O) groups is 3. The lowest BCUT2D eigenvalue weighted by molar-refractivity contribution is -0.132. The molecule has 5 rings (SSSR count). The summed E-state index contributed by atoms with van der Waals surface area (Å²) in [6, 6.07) is 0.876. The minimum atomic E-state index is -0.0909. The Labute approximate surface area is 232 Å². The number of nitrogens with zero attached hydrogens (tertiary/aromatic N) is 3. The van der Waals surface area contributed by atoms with Gasteiger partial charge in [-0.25, -0.2) is 0 Å². The van der Waals surface area contributed by atoms with Gasteiger partial charge in [0, 0.05) is 92.9 Å². The van der Waals surface area contributed by atoms with Crippen molar-refractivity contribution in [2.45, 2.75) is 103 Å². The summed E-state index contributed by atoms with van der Waals surface area (Å²) in [4.78, 5) is 44.3. The van der Waals surface area contributed by atoms with Crippen molar-refractivity contribution in [3.05, 3.63) is 35.2 Å². The van der Waals surface area contributed by atoms with Crippen molar-refractivity contribution in [3.63, 3.8) is 0 Å². The molecule has 6 atom stereocenters. The third kappa shape index (κ3) is 6.03. The van der Waals surface area contributed by atoms with Gasteiger partial charge in [0.15, 0.2) is 0 Å². The van der Waals surface area contributed by atoms with E-state index < -0.39 is 0 Å². The van der Waals surface area contributed by atoms with Crippen LogP contribution in [-0.4, -0.2) is 89.1 Å². The summed E-state index contributed by atoms with van der Waals surface area (Å²) in [6.45, 7) is 11.4. The van der Waals surface area contributed by atoms with E-state index in [0.29, 0.717) is 19.1 Å². The van der Waals surface area contributed by atoms with Crippen LogP contribution in [0.2, 0.25) is 0 Å². The van der Waals surface area contributed by atoms with Crippen molar-refractivity contribution >= 4 is 17.7 Å². The fourth-order valence-electron chi connectivity index (χ4n) is 7.44. The highest BCUT2D eigenvalue weighted by Gasteiger charge is 2.40. The number of nitrogens with one attached hydrogen (secondary N) is 2. The lowest BCUT2D eigenvalue weighted by Crippen LogP contribution is -2.54. The number of amides is 3. The summed E-state index contributed by atoms with van der Waals surface area (Å²) >= 11 is 0. The Bertz CT molecular complexity index is 1070. The van der Waals surface area contributed by atoms with Crippen LogP contribution in [0, 0.1) is 5.92 Å². The monoisotopic (exact) mass is 539 g/mol. The fourth-order valence-corrected chi connectivity index (χ4v) is 7.44. The van der Waals surface area contributed by atoms with Gasteiger partial charge in [-0.3, -0.25) is 14.4 Å². The van der Waals surface area contributed by atoms with Crippen molar-refractivity contribution < 1.29 is 19.1 Å². The van der Waals surface area contributed by atoms with Crippen LogP contribution in [0.5, 0.6) is 0 Å². The first-order valence-corrected chi connectivity index (χ1v) is 14.9. The highest BCUT2D eigenvalue weighted by molar-refractivity contribution is 5.90. The van der Waals surface area contributed by atoms with Crippen molar-refractivity contribution in [1.82, 2.24) is 25.3 Å². The SMILES string of the molecule is CCO[C@H]1CC(C2=CC(=O)NCC2)CC(C)N1C1=CC(=O)N(C2CCN(C3=CC(=O)N[C@@H](C)C3)[C@@H](C)C2)CC1. The number of hydrogen-bond donors (Lipinski definition) is 2. The van der Waals surface area contributed by atoms with E-state index in [1.165, 1.54) is 5.57 Å². The molecule has 3 unspecified atom stereocenters. The highest BCUT2D eigenvalue weighted by atomic mass is 16.5. The Morgan fingerprint density at radius 3 is 2.41 bits per heavy atom. The molecule has 0 aliphatic carbocycles. The summed E-state index contributed by atoms with van der Waals surface area (Å²) in [7, 11) is 0. The molecule has 5 aliphatic rings. The summed E-state index contributed by atoms with van der Waals surface area (Å²) in [5.74, 6) is 0.431. The van der Waals surface area contributed by atoms with Crippen LogP contribution in [0.15, 0.2) is 35.2 Å². The summed E-state index contributed by atoms with van der Waals surface area (Å²) in [5, 5.41) is 5.85. The van der Waals surface area contributed by atoms with Crippen molar-refractivity contribution in [3.8, 4) is 0 Å². The van der Waals surface area contributed by atoms with Crippen LogP contribution >= 0.6 is 0 Å². The van der Waals surface area contributed by atoms with Gasteiger partial charge in [0.2, 0.25) is 17.7 Å². The number of piperidine rings is 2. The van der Waals surface area contributed by atoms with Gasteiger partial charge >= 0.3 is 0 Å². The van der Waals surface area contributed by atoms with Crippen LogP contribution in [0.4, 0.5) is 0 Å². The van der Waals surface area contributed by atoms with Gasteiger partial charge in [-0.05, 0) is 65.7 Å².